The Balaban J connectivity index is 2.08. The molecule has 1 aromatic heterocycles. The second-order valence-corrected chi connectivity index (χ2v) is 7.04. The van der Waals surface area contributed by atoms with Crippen LogP contribution in [0, 0.1) is 0 Å². The maximum absolute atomic E-state index is 11.5. The fourth-order valence-electron chi connectivity index (χ4n) is 2.42. The van der Waals surface area contributed by atoms with E-state index in [1.807, 2.05) is 30.3 Å². The van der Waals surface area contributed by atoms with Crippen molar-refractivity contribution < 1.29 is 22.4 Å². The molecule has 2 N–H and O–H groups in total. The van der Waals surface area contributed by atoms with E-state index in [1.165, 1.54) is 19.2 Å². The van der Waals surface area contributed by atoms with Crippen molar-refractivity contribution in [2.45, 2.75) is 11.3 Å². The van der Waals surface area contributed by atoms with E-state index >= 15 is 0 Å². The summed E-state index contributed by atoms with van der Waals surface area (Å²) in [5.74, 6) is 0.166. The van der Waals surface area contributed by atoms with Crippen LogP contribution in [0.2, 0.25) is 0 Å². The summed E-state index contributed by atoms with van der Waals surface area (Å²) in [6.45, 7) is 0. The summed E-state index contributed by atoms with van der Waals surface area (Å²) < 4.78 is 33.2. The Hall–Kier alpha value is -2.97. The molecule has 3 rings (SSSR count). The van der Waals surface area contributed by atoms with Crippen molar-refractivity contribution in [3.8, 4) is 22.6 Å². The second kappa shape index (κ2) is 7.11. The summed E-state index contributed by atoms with van der Waals surface area (Å²) in [6, 6.07) is 15.3. The highest BCUT2D eigenvalue weighted by atomic mass is 32.2. The minimum Gasteiger partial charge on any atom is -0.469 e. The minimum atomic E-state index is -3.79. The van der Waals surface area contributed by atoms with Crippen LogP contribution in [0.15, 0.2) is 63.9 Å². The summed E-state index contributed by atoms with van der Waals surface area (Å²) in [5, 5.41) is 5.13. The topological polar surface area (TPSA) is 112 Å². The molecule has 26 heavy (non-hydrogen) atoms. The summed E-state index contributed by atoms with van der Waals surface area (Å²) in [7, 11) is -2.50. The van der Waals surface area contributed by atoms with Gasteiger partial charge in [-0.1, -0.05) is 30.3 Å². The first-order valence-corrected chi connectivity index (χ1v) is 9.18. The molecule has 0 radical (unpaired) electrons. The molecule has 0 amide bonds. The van der Waals surface area contributed by atoms with Crippen LogP contribution < -0.4 is 5.14 Å². The van der Waals surface area contributed by atoms with Gasteiger partial charge in [0.05, 0.1) is 12.0 Å². The van der Waals surface area contributed by atoms with Gasteiger partial charge in [0, 0.05) is 11.1 Å². The van der Waals surface area contributed by atoms with Crippen molar-refractivity contribution >= 4 is 16.0 Å². The number of carbonyl (C=O) groups is 1. The molecule has 134 valence electrons. The highest BCUT2D eigenvalue weighted by molar-refractivity contribution is 7.89. The fraction of sp³-hybridized carbons (Fsp3) is 0.111. The van der Waals surface area contributed by atoms with Gasteiger partial charge in [-0.15, -0.1) is 0 Å². The zero-order chi connectivity index (χ0) is 18.7. The lowest BCUT2D eigenvalue weighted by Gasteiger charge is -2.03. The average molecular weight is 372 g/mol. The normalized spacial score (nSPS) is 11.3. The van der Waals surface area contributed by atoms with Gasteiger partial charge in [0.2, 0.25) is 15.9 Å². The van der Waals surface area contributed by atoms with Crippen LogP contribution in [0.1, 0.15) is 5.89 Å². The number of nitrogens with two attached hydrogens (primary N) is 1. The third-order valence-electron chi connectivity index (χ3n) is 3.69. The first-order valence-electron chi connectivity index (χ1n) is 7.63. The minimum absolute atomic E-state index is 0.00295. The van der Waals surface area contributed by atoms with E-state index in [9.17, 15) is 13.2 Å². The quantitative estimate of drug-likeness (QED) is 0.688. The molecule has 0 saturated heterocycles. The predicted octanol–water partition coefficient (Wildman–Crippen LogP) is 2.37. The summed E-state index contributed by atoms with van der Waals surface area (Å²) in [4.78, 5) is 15.9. The molecule has 8 heteroatoms. The van der Waals surface area contributed by atoms with Crippen LogP contribution in [-0.4, -0.2) is 26.5 Å². The lowest BCUT2D eigenvalue weighted by atomic mass is 10.1. The molecule has 0 bridgehead atoms. The number of nitrogens with zero attached hydrogens (tertiary/aromatic N) is 1. The van der Waals surface area contributed by atoms with E-state index in [-0.39, 0.29) is 17.2 Å². The average Bonchev–Trinajstić information content (AvgIpc) is 3.05. The highest BCUT2D eigenvalue weighted by Gasteiger charge is 2.19. The van der Waals surface area contributed by atoms with Crippen LogP contribution in [-0.2, 0) is 26.0 Å². The van der Waals surface area contributed by atoms with E-state index < -0.39 is 16.0 Å². The van der Waals surface area contributed by atoms with Gasteiger partial charge in [0.1, 0.15) is 12.1 Å². The summed E-state index contributed by atoms with van der Waals surface area (Å²) in [6.07, 6.45) is -0.106. The maximum Gasteiger partial charge on any atom is 0.314 e. The molecule has 0 saturated carbocycles. The monoisotopic (exact) mass is 372 g/mol. The van der Waals surface area contributed by atoms with Crippen LogP contribution in [0.3, 0.4) is 0 Å². The molecule has 0 aliphatic carbocycles. The van der Waals surface area contributed by atoms with E-state index in [4.69, 9.17) is 9.56 Å². The number of hydrogen-bond acceptors (Lipinski definition) is 6. The molecule has 2 aromatic carbocycles. The summed E-state index contributed by atoms with van der Waals surface area (Å²) >= 11 is 0. The molecular formula is C18H16N2O5S. The third kappa shape index (κ3) is 3.81. The molecule has 0 fully saturated rings. The van der Waals surface area contributed by atoms with E-state index in [2.05, 4.69) is 9.72 Å². The zero-order valence-corrected chi connectivity index (χ0v) is 14.7. The van der Waals surface area contributed by atoms with Gasteiger partial charge < -0.3 is 9.15 Å². The van der Waals surface area contributed by atoms with Gasteiger partial charge in [0.15, 0.2) is 5.76 Å². The Morgan fingerprint density at radius 1 is 1.08 bits per heavy atom. The van der Waals surface area contributed by atoms with Crippen molar-refractivity contribution in [1.29, 1.82) is 0 Å². The Kier molecular flexibility index (Phi) is 4.88. The van der Waals surface area contributed by atoms with Crippen molar-refractivity contribution in [3.05, 3.63) is 60.5 Å². The largest absolute Gasteiger partial charge is 0.469 e. The van der Waals surface area contributed by atoms with Gasteiger partial charge in [-0.05, 0) is 24.3 Å². The van der Waals surface area contributed by atoms with Gasteiger partial charge in [0.25, 0.3) is 0 Å². The molecular weight excluding hydrogens is 356 g/mol. The van der Waals surface area contributed by atoms with Gasteiger partial charge in [-0.25, -0.2) is 18.5 Å². The van der Waals surface area contributed by atoms with Crippen molar-refractivity contribution in [3.63, 3.8) is 0 Å². The van der Waals surface area contributed by atoms with Crippen molar-refractivity contribution in [2.75, 3.05) is 7.11 Å². The number of oxazole rings is 1. The van der Waals surface area contributed by atoms with E-state index in [0.29, 0.717) is 17.0 Å². The molecule has 0 spiro atoms. The fourth-order valence-corrected chi connectivity index (χ4v) is 2.93. The highest BCUT2D eigenvalue weighted by Crippen LogP contribution is 2.33. The van der Waals surface area contributed by atoms with E-state index in [1.54, 1.807) is 12.1 Å². The lowest BCUT2D eigenvalue weighted by molar-refractivity contribution is -0.140. The standard InChI is InChI=1S/C18H16N2O5S/c1-24-16(21)11-15-20-17(12-5-3-2-4-6-12)18(25-15)13-7-9-14(10-8-13)26(19,22)23/h2-10H,11H2,1H3,(H2,19,22,23). The van der Waals surface area contributed by atoms with Gasteiger partial charge in [-0.3, -0.25) is 4.79 Å². The van der Waals surface area contributed by atoms with Crippen LogP contribution in [0.4, 0.5) is 0 Å². The first kappa shape index (κ1) is 17.8. The Morgan fingerprint density at radius 2 is 1.73 bits per heavy atom. The number of esters is 1. The number of hydrogen-bond donors (Lipinski definition) is 1. The Bertz CT molecular complexity index is 1030. The maximum atomic E-state index is 11.5. The van der Waals surface area contributed by atoms with Gasteiger partial charge in [-0.2, -0.15) is 0 Å². The second-order valence-electron chi connectivity index (χ2n) is 5.47. The molecule has 0 unspecified atom stereocenters. The number of ether oxygens (including phenoxy) is 1. The smallest absolute Gasteiger partial charge is 0.314 e. The number of benzene rings is 2. The van der Waals surface area contributed by atoms with Crippen molar-refractivity contribution in [1.82, 2.24) is 4.98 Å². The number of aromatic nitrogens is 1. The summed E-state index contributed by atoms with van der Waals surface area (Å²) in [5.41, 5.74) is 1.96. The third-order valence-corrected chi connectivity index (χ3v) is 4.62. The van der Waals surface area contributed by atoms with Gasteiger partial charge >= 0.3 is 5.97 Å². The molecule has 0 aliphatic heterocycles. The lowest BCUT2D eigenvalue weighted by Crippen LogP contribution is -2.11. The number of sulfonamides is 1. The molecule has 0 aliphatic rings. The van der Waals surface area contributed by atoms with Crippen LogP contribution in [0.5, 0.6) is 0 Å². The number of primary sulfonamides is 1. The SMILES string of the molecule is COC(=O)Cc1nc(-c2ccccc2)c(-c2ccc(S(N)(=O)=O)cc2)o1. The number of rotatable bonds is 5. The molecule has 1 heterocycles. The Morgan fingerprint density at radius 3 is 2.31 bits per heavy atom. The number of carbonyl (C=O) groups excluding carboxylic acids is 1. The predicted molar refractivity (Wildman–Crippen MR) is 94.5 cm³/mol. The molecule has 7 nitrogen and oxygen atoms in total. The van der Waals surface area contributed by atoms with E-state index in [0.717, 1.165) is 5.56 Å². The van der Waals surface area contributed by atoms with Crippen molar-refractivity contribution in [2.24, 2.45) is 5.14 Å². The first-order chi connectivity index (χ1) is 12.4. The van der Waals surface area contributed by atoms with Crippen LogP contribution in [0.25, 0.3) is 22.6 Å². The zero-order valence-electron chi connectivity index (χ0n) is 13.9. The van der Waals surface area contributed by atoms with Crippen LogP contribution >= 0.6 is 0 Å². The molecule has 0 atom stereocenters. The molecule has 3 aromatic rings. The Labute approximate surface area is 150 Å². The number of methoxy groups -OCH3 is 1.